The summed E-state index contributed by atoms with van der Waals surface area (Å²) in [7, 11) is 0. The first-order chi connectivity index (χ1) is 5.81. The Hall–Kier alpha value is -1.03. The van der Waals surface area contributed by atoms with E-state index in [0.29, 0.717) is 12.3 Å². The molecule has 2 rings (SSSR count). The molecule has 1 nitrogen and oxygen atoms in total. The fourth-order valence-electron chi connectivity index (χ4n) is 2.34. The van der Waals surface area contributed by atoms with Crippen molar-refractivity contribution in [1.82, 2.24) is 0 Å². The molecule has 0 aromatic rings. The van der Waals surface area contributed by atoms with Crippen LogP contribution in [0.3, 0.4) is 0 Å². The summed E-state index contributed by atoms with van der Waals surface area (Å²) in [4.78, 5) is 0. The summed E-state index contributed by atoms with van der Waals surface area (Å²) in [6.07, 6.45) is 7.78. The van der Waals surface area contributed by atoms with E-state index in [1.807, 2.05) is 0 Å². The first kappa shape index (κ1) is 7.61. The maximum absolute atomic E-state index is 8.57. The second kappa shape index (κ2) is 2.79. The van der Waals surface area contributed by atoms with Gasteiger partial charge in [0.25, 0.3) is 0 Å². The van der Waals surface area contributed by atoms with Gasteiger partial charge in [-0.25, -0.2) is 0 Å². The molecular formula is C11H13N. The molecular weight excluding hydrogens is 146 g/mol. The van der Waals surface area contributed by atoms with E-state index in [9.17, 15) is 0 Å². The highest BCUT2D eigenvalue weighted by Gasteiger charge is 2.31. The molecule has 0 aliphatic heterocycles. The van der Waals surface area contributed by atoms with Gasteiger partial charge in [-0.15, -0.1) is 0 Å². The SMILES string of the molecule is CC(CC#N)=C1CC2C=CC1C2. The number of allylic oxidation sites excluding steroid dienone is 4. The molecule has 1 heteroatoms. The molecule has 0 aromatic heterocycles. The van der Waals surface area contributed by atoms with Gasteiger partial charge in [0, 0.05) is 0 Å². The van der Waals surface area contributed by atoms with Gasteiger partial charge in [0.2, 0.25) is 0 Å². The molecule has 0 aromatic carbocycles. The number of hydrogen-bond donors (Lipinski definition) is 0. The Labute approximate surface area is 73.4 Å². The highest BCUT2D eigenvalue weighted by molar-refractivity contribution is 5.31. The van der Waals surface area contributed by atoms with Crippen LogP contribution in [0.25, 0.3) is 0 Å². The van der Waals surface area contributed by atoms with Gasteiger partial charge in [-0.3, -0.25) is 0 Å². The van der Waals surface area contributed by atoms with Crippen LogP contribution in [0.15, 0.2) is 23.3 Å². The Bertz CT molecular complexity index is 291. The van der Waals surface area contributed by atoms with Crippen molar-refractivity contribution >= 4 is 0 Å². The van der Waals surface area contributed by atoms with Crippen LogP contribution < -0.4 is 0 Å². The zero-order chi connectivity index (χ0) is 8.55. The normalized spacial score (nSPS) is 35.3. The van der Waals surface area contributed by atoms with Crippen LogP contribution in [0.5, 0.6) is 0 Å². The molecule has 2 unspecified atom stereocenters. The smallest absolute Gasteiger partial charge is 0.0666 e. The van der Waals surface area contributed by atoms with Crippen LogP contribution in [0.2, 0.25) is 0 Å². The topological polar surface area (TPSA) is 23.8 Å². The Morgan fingerprint density at radius 3 is 3.00 bits per heavy atom. The van der Waals surface area contributed by atoms with Crippen molar-refractivity contribution in [3.8, 4) is 6.07 Å². The van der Waals surface area contributed by atoms with E-state index in [4.69, 9.17) is 5.26 Å². The molecule has 12 heavy (non-hydrogen) atoms. The molecule has 2 bridgehead atoms. The first-order valence-electron chi connectivity index (χ1n) is 4.55. The van der Waals surface area contributed by atoms with E-state index in [1.54, 1.807) is 5.57 Å². The van der Waals surface area contributed by atoms with E-state index >= 15 is 0 Å². The number of hydrogen-bond acceptors (Lipinski definition) is 1. The molecule has 0 N–H and O–H groups in total. The molecule has 0 radical (unpaired) electrons. The van der Waals surface area contributed by atoms with Gasteiger partial charge in [0.05, 0.1) is 12.5 Å². The molecule has 1 saturated carbocycles. The van der Waals surface area contributed by atoms with E-state index in [0.717, 1.165) is 5.92 Å². The highest BCUT2D eigenvalue weighted by Crippen LogP contribution is 2.44. The minimum Gasteiger partial charge on any atom is -0.198 e. The average Bonchev–Trinajstić information content (AvgIpc) is 2.64. The van der Waals surface area contributed by atoms with Crippen LogP contribution in [0.4, 0.5) is 0 Å². The molecule has 2 atom stereocenters. The quantitative estimate of drug-likeness (QED) is 0.540. The number of nitrogens with zero attached hydrogens (tertiary/aromatic N) is 1. The predicted molar refractivity (Wildman–Crippen MR) is 48.3 cm³/mol. The minimum atomic E-state index is 0.617. The van der Waals surface area contributed by atoms with Crippen molar-refractivity contribution < 1.29 is 0 Å². The van der Waals surface area contributed by atoms with Crippen LogP contribution in [-0.4, -0.2) is 0 Å². The maximum atomic E-state index is 8.57. The lowest BCUT2D eigenvalue weighted by atomic mass is 9.95. The van der Waals surface area contributed by atoms with Crippen molar-refractivity contribution in [1.29, 1.82) is 5.26 Å². The van der Waals surface area contributed by atoms with Gasteiger partial charge in [-0.05, 0) is 31.6 Å². The second-order valence-electron chi connectivity index (χ2n) is 3.83. The van der Waals surface area contributed by atoms with E-state index in [2.05, 4.69) is 25.1 Å². The summed E-state index contributed by atoms with van der Waals surface area (Å²) in [5, 5.41) is 8.57. The summed E-state index contributed by atoms with van der Waals surface area (Å²) in [6.45, 7) is 2.10. The van der Waals surface area contributed by atoms with Crippen molar-refractivity contribution in [3.05, 3.63) is 23.3 Å². The van der Waals surface area contributed by atoms with Gasteiger partial charge in [0.1, 0.15) is 0 Å². The summed E-state index contributed by atoms with van der Waals surface area (Å²) in [5.74, 6) is 1.47. The van der Waals surface area contributed by atoms with E-state index < -0.39 is 0 Å². The first-order valence-corrected chi connectivity index (χ1v) is 4.55. The maximum Gasteiger partial charge on any atom is 0.0666 e. The van der Waals surface area contributed by atoms with Gasteiger partial charge in [-0.1, -0.05) is 23.3 Å². The lowest BCUT2D eigenvalue weighted by Crippen LogP contribution is -1.95. The zero-order valence-electron chi connectivity index (χ0n) is 7.38. The van der Waals surface area contributed by atoms with E-state index in [-0.39, 0.29) is 0 Å². The molecule has 1 fully saturated rings. The van der Waals surface area contributed by atoms with Gasteiger partial charge < -0.3 is 0 Å². The Morgan fingerprint density at radius 2 is 2.50 bits per heavy atom. The van der Waals surface area contributed by atoms with Crippen molar-refractivity contribution in [2.45, 2.75) is 26.2 Å². The fraction of sp³-hybridized carbons (Fsp3) is 0.545. The van der Waals surface area contributed by atoms with Crippen molar-refractivity contribution in [3.63, 3.8) is 0 Å². The zero-order valence-corrected chi connectivity index (χ0v) is 7.38. The van der Waals surface area contributed by atoms with Crippen molar-refractivity contribution in [2.24, 2.45) is 11.8 Å². The van der Waals surface area contributed by atoms with Gasteiger partial charge >= 0.3 is 0 Å². The minimum absolute atomic E-state index is 0.617. The molecule has 62 valence electrons. The standard InChI is InChI=1S/C11H13N/c1-8(4-5-12)11-7-9-2-3-10(11)6-9/h2-3,9-10H,4,6-7H2,1H3. The monoisotopic (exact) mass is 159 g/mol. The average molecular weight is 159 g/mol. The summed E-state index contributed by atoms with van der Waals surface area (Å²) >= 11 is 0. The van der Waals surface area contributed by atoms with Gasteiger partial charge in [-0.2, -0.15) is 5.26 Å². The summed E-state index contributed by atoms with van der Waals surface area (Å²) in [6, 6.07) is 2.22. The number of rotatable bonds is 1. The fourth-order valence-corrected chi connectivity index (χ4v) is 2.34. The molecule has 0 spiro atoms. The molecule has 2 aliphatic rings. The van der Waals surface area contributed by atoms with E-state index in [1.165, 1.54) is 18.4 Å². The third kappa shape index (κ3) is 1.08. The highest BCUT2D eigenvalue weighted by atomic mass is 14.4. The predicted octanol–water partition coefficient (Wildman–Crippen LogP) is 2.81. The Morgan fingerprint density at radius 1 is 1.67 bits per heavy atom. The Balaban J connectivity index is 2.21. The van der Waals surface area contributed by atoms with Crippen LogP contribution in [-0.2, 0) is 0 Å². The lowest BCUT2D eigenvalue weighted by Gasteiger charge is -2.10. The molecule has 0 amide bonds. The summed E-state index contributed by atoms with van der Waals surface area (Å²) in [5.41, 5.74) is 2.86. The second-order valence-corrected chi connectivity index (χ2v) is 3.83. The molecule has 0 heterocycles. The van der Waals surface area contributed by atoms with Crippen LogP contribution in [0.1, 0.15) is 26.2 Å². The van der Waals surface area contributed by atoms with Crippen LogP contribution >= 0.6 is 0 Å². The third-order valence-electron chi connectivity index (χ3n) is 2.99. The molecule has 2 aliphatic carbocycles. The van der Waals surface area contributed by atoms with Gasteiger partial charge in [0.15, 0.2) is 0 Å². The Kier molecular flexibility index (Phi) is 1.77. The lowest BCUT2D eigenvalue weighted by molar-refractivity contribution is 0.693. The molecule has 0 saturated heterocycles. The third-order valence-corrected chi connectivity index (χ3v) is 2.99. The van der Waals surface area contributed by atoms with Crippen molar-refractivity contribution in [2.75, 3.05) is 0 Å². The summed E-state index contributed by atoms with van der Waals surface area (Å²) < 4.78 is 0. The van der Waals surface area contributed by atoms with Crippen LogP contribution in [0, 0.1) is 23.2 Å². The number of nitriles is 1. The largest absolute Gasteiger partial charge is 0.198 e. The number of fused-ring (bicyclic) bond motifs is 2.